The molecular formula is C21H29N3O3. The minimum Gasteiger partial charge on any atom is -0.508 e. The molecule has 0 atom stereocenters. The fraction of sp³-hybridized carbons (Fsp3) is 0.381. The number of aliphatic imine (C=N–C) groups is 1. The number of guanidine groups is 1. The predicted molar refractivity (Wildman–Crippen MR) is 109 cm³/mol. The minimum atomic E-state index is 0.242. The van der Waals surface area contributed by atoms with E-state index >= 15 is 0 Å². The van der Waals surface area contributed by atoms with Gasteiger partial charge in [0.15, 0.2) is 5.96 Å². The zero-order valence-electron chi connectivity index (χ0n) is 16.5. The number of likely N-dealkylation sites (N-methyl/N-ethyl adjacent to an activating group) is 1. The Morgan fingerprint density at radius 3 is 2.48 bits per heavy atom. The fourth-order valence-corrected chi connectivity index (χ4v) is 2.62. The van der Waals surface area contributed by atoms with Gasteiger partial charge in [-0.3, -0.25) is 4.99 Å². The SMILES string of the molecule is CN=C(NCCc1ccc(OC)cc1O)N(C)CCOc1ccc(C)cc1. The van der Waals surface area contributed by atoms with Gasteiger partial charge in [0.05, 0.1) is 13.7 Å². The third kappa shape index (κ3) is 6.40. The Morgan fingerprint density at radius 2 is 1.85 bits per heavy atom. The van der Waals surface area contributed by atoms with E-state index in [4.69, 9.17) is 9.47 Å². The van der Waals surface area contributed by atoms with Gasteiger partial charge in [0.2, 0.25) is 0 Å². The zero-order valence-corrected chi connectivity index (χ0v) is 16.5. The number of methoxy groups -OCH3 is 1. The van der Waals surface area contributed by atoms with Gasteiger partial charge in [-0.25, -0.2) is 0 Å². The van der Waals surface area contributed by atoms with Crippen molar-refractivity contribution in [1.29, 1.82) is 0 Å². The molecule has 6 heteroatoms. The van der Waals surface area contributed by atoms with Crippen LogP contribution in [0.2, 0.25) is 0 Å². The molecule has 0 fully saturated rings. The quantitative estimate of drug-likeness (QED) is 0.552. The number of phenolic OH excluding ortho intramolecular Hbond substituents is 1. The average molecular weight is 371 g/mol. The van der Waals surface area contributed by atoms with E-state index in [1.165, 1.54) is 5.56 Å². The van der Waals surface area contributed by atoms with Crippen molar-refractivity contribution in [3.63, 3.8) is 0 Å². The Kier molecular flexibility index (Phi) is 7.79. The summed E-state index contributed by atoms with van der Waals surface area (Å²) in [4.78, 5) is 6.32. The lowest BCUT2D eigenvalue weighted by atomic mass is 10.1. The first kappa shape index (κ1) is 20.4. The van der Waals surface area contributed by atoms with Crippen LogP contribution < -0.4 is 14.8 Å². The molecule has 6 nitrogen and oxygen atoms in total. The number of rotatable bonds is 8. The van der Waals surface area contributed by atoms with Crippen LogP contribution in [0, 0.1) is 6.92 Å². The van der Waals surface area contributed by atoms with Gasteiger partial charge in [0, 0.05) is 26.7 Å². The molecule has 2 rings (SSSR count). The number of ether oxygens (including phenoxy) is 2. The summed E-state index contributed by atoms with van der Waals surface area (Å²) in [5, 5.41) is 13.3. The number of benzene rings is 2. The monoisotopic (exact) mass is 371 g/mol. The second-order valence-corrected chi connectivity index (χ2v) is 6.30. The van der Waals surface area contributed by atoms with E-state index in [0.29, 0.717) is 31.9 Å². The van der Waals surface area contributed by atoms with Gasteiger partial charge in [0.1, 0.15) is 23.9 Å². The highest BCUT2D eigenvalue weighted by atomic mass is 16.5. The van der Waals surface area contributed by atoms with Crippen LogP contribution in [0.1, 0.15) is 11.1 Å². The second-order valence-electron chi connectivity index (χ2n) is 6.30. The Balaban J connectivity index is 1.76. The summed E-state index contributed by atoms with van der Waals surface area (Å²) < 4.78 is 10.9. The third-order valence-corrected chi connectivity index (χ3v) is 4.26. The van der Waals surface area contributed by atoms with Gasteiger partial charge in [-0.2, -0.15) is 0 Å². The molecule has 2 aromatic rings. The first-order chi connectivity index (χ1) is 13.0. The molecule has 2 aromatic carbocycles. The minimum absolute atomic E-state index is 0.242. The van der Waals surface area contributed by atoms with Crippen molar-refractivity contribution in [2.75, 3.05) is 40.9 Å². The molecule has 0 aliphatic heterocycles. The van der Waals surface area contributed by atoms with Gasteiger partial charge in [-0.1, -0.05) is 23.8 Å². The molecule has 146 valence electrons. The van der Waals surface area contributed by atoms with Crippen molar-refractivity contribution in [2.24, 2.45) is 4.99 Å². The van der Waals surface area contributed by atoms with Crippen molar-refractivity contribution in [1.82, 2.24) is 10.2 Å². The van der Waals surface area contributed by atoms with E-state index < -0.39 is 0 Å². The lowest BCUT2D eigenvalue weighted by Crippen LogP contribution is -2.41. The average Bonchev–Trinajstić information content (AvgIpc) is 2.67. The van der Waals surface area contributed by atoms with Crippen molar-refractivity contribution in [3.05, 3.63) is 53.6 Å². The summed E-state index contributed by atoms with van der Waals surface area (Å²) in [7, 11) is 5.31. The molecule has 0 bridgehead atoms. The smallest absolute Gasteiger partial charge is 0.193 e. The van der Waals surface area contributed by atoms with Crippen molar-refractivity contribution >= 4 is 5.96 Å². The molecule has 0 radical (unpaired) electrons. The highest BCUT2D eigenvalue weighted by Crippen LogP contribution is 2.23. The van der Waals surface area contributed by atoms with Crippen molar-refractivity contribution in [3.8, 4) is 17.2 Å². The molecule has 27 heavy (non-hydrogen) atoms. The van der Waals surface area contributed by atoms with Crippen LogP contribution in [0.4, 0.5) is 0 Å². The number of phenols is 1. The van der Waals surface area contributed by atoms with Crippen LogP contribution in [-0.4, -0.2) is 56.9 Å². The summed E-state index contributed by atoms with van der Waals surface area (Å²) in [6, 6.07) is 13.4. The molecule has 2 N–H and O–H groups in total. The molecule has 0 aromatic heterocycles. The second kappa shape index (κ2) is 10.3. The zero-order chi connectivity index (χ0) is 19.6. The number of hydrogen-bond acceptors (Lipinski definition) is 4. The van der Waals surface area contributed by atoms with Gasteiger partial charge < -0.3 is 24.8 Å². The number of aromatic hydroxyl groups is 1. The topological polar surface area (TPSA) is 66.3 Å². The Bertz CT molecular complexity index is 745. The lowest BCUT2D eigenvalue weighted by Gasteiger charge is -2.22. The van der Waals surface area contributed by atoms with Crippen LogP contribution >= 0.6 is 0 Å². The van der Waals surface area contributed by atoms with Crippen LogP contribution in [0.25, 0.3) is 0 Å². The Labute approximate surface area is 161 Å². The number of hydrogen-bond donors (Lipinski definition) is 2. The number of aryl methyl sites for hydroxylation is 1. The summed E-state index contributed by atoms with van der Waals surface area (Å²) in [5.41, 5.74) is 2.08. The molecule has 0 saturated heterocycles. The highest BCUT2D eigenvalue weighted by molar-refractivity contribution is 5.79. The largest absolute Gasteiger partial charge is 0.508 e. The standard InChI is InChI=1S/C21H29N3O3/c1-16-5-8-18(9-6-16)27-14-13-24(3)21(22-2)23-12-11-17-7-10-19(26-4)15-20(17)25/h5-10,15,25H,11-14H2,1-4H3,(H,22,23). The van der Waals surface area contributed by atoms with E-state index in [-0.39, 0.29) is 5.75 Å². The van der Waals surface area contributed by atoms with Gasteiger partial charge in [-0.15, -0.1) is 0 Å². The first-order valence-corrected chi connectivity index (χ1v) is 9.00. The number of nitrogens with zero attached hydrogens (tertiary/aromatic N) is 2. The van der Waals surface area contributed by atoms with Gasteiger partial charge in [-0.05, 0) is 37.1 Å². The highest BCUT2D eigenvalue weighted by Gasteiger charge is 2.07. The van der Waals surface area contributed by atoms with Crippen LogP contribution in [0.5, 0.6) is 17.2 Å². The predicted octanol–water partition coefficient (Wildman–Crippen LogP) is 2.84. The number of nitrogens with one attached hydrogen (secondary N) is 1. The molecule has 0 unspecified atom stereocenters. The molecule has 0 saturated carbocycles. The van der Waals surface area contributed by atoms with Crippen molar-refractivity contribution < 1.29 is 14.6 Å². The van der Waals surface area contributed by atoms with E-state index in [1.54, 1.807) is 20.2 Å². The molecule has 0 aliphatic carbocycles. The molecule has 0 amide bonds. The molecule has 0 spiro atoms. The van der Waals surface area contributed by atoms with Gasteiger partial charge in [0.25, 0.3) is 0 Å². The van der Waals surface area contributed by atoms with E-state index in [1.807, 2.05) is 48.3 Å². The lowest BCUT2D eigenvalue weighted by molar-refractivity contribution is 0.281. The normalized spacial score (nSPS) is 11.2. The molecule has 0 heterocycles. The molecular weight excluding hydrogens is 342 g/mol. The maximum absolute atomic E-state index is 10.0. The van der Waals surface area contributed by atoms with E-state index in [9.17, 15) is 5.11 Å². The summed E-state index contributed by atoms with van der Waals surface area (Å²) in [5.74, 6) is 2.54. The first-order valence-electron chi connectivity index (χ1n) is 9.00. The summed E-state index contributed by atoms with van der Waals surface area (Å²) >= 11 is 0. The maximum atomic E-state index is 10.0. The maximum Gasteiger partial charge on any atom is 0.193 e. The summed E-state index contributed by atoms with van der Waals surface area (Å²) in [6.07, 6.45) is 0.683. The van der Waals surface area contributed by atoms with Crippen LogP contribution in [0.15, 0.2) is 47.5 Å². The Morgan fingerprint density at radius 1 is 1.15 bits per heavy atom. The summed E-state index contributed by atoms with van der Waals surface area (Å²) in [6.45, 7) is 4.00. The van der Waals surface area contributed by atoms with Crippen LogP contribution in [-0.2, 0) is 6.42 Å². The van der Waals surface area contributed by atoms with E-state index in [0.717, 1.165) is 17.3 Å². The Hall–Kier alpha value is -2.89. The van der Waals surface area contributed by atoms with Gasteiger partial charge >= 0.3 is 0 Å². The molecule has 0 aliphatic rings. The third-order valence-electron chi connectivity index (χ3n) is 4.26. The van der Waals surface area contributed by atoms with Crippen molar-refractivity contribution in [2.45, 2.75) is 13.3 Å². The van der Waals surface area contributed by atoms with E-state index in [2.05, 4.69) is 17.2 Å². The van der Waals surface area contributed by atoms with Crippen LogP contribution in [0.3, 0.4) is 0 Å². The fourth-order valence-electron chi connectivity index (χ4n) is 2.62.